The Labute approximate surface area is 94.4 Å². The van der Waals surface area contributed by atoms with Gasteiger partial charge in [-0.25, -0.2) is 0 Å². The summed E-state index contributed by atoms with van der Waals surface area (Å²) in [7, 11) is 0. The zero-order chi connectivity index (χ0) is 11.5. The van der Waals surface area contributed by atoms with E-state index < -0.39 is 0 Å². The van der Waals surface area contributed by atoms with Gasteiger partial charge in [0.25, 0.3) is 0 Å². The van der Waals surface area contributed by atoms with E-state index in [9.17, 15) is 10.2 Å². The molecule has 84 valence electrons. The molecule has 0 saturated heterocycles. The van der Waals surface area contributed by atoms with Crippen LogP contribution < -0.4 is 0 Å². The summed E-state index contributed by atoms with van der Waals surface area (Å²) in [5.74, 6) is 0.284. The van der Waals surface area contributed by atoms with Gasteiger partial charge in [0.05, 0.1) is 11.6 Å². The first-order chi connectivity index (χ1) is 7.68. The number of aromatic hydroxyl groups is 1. The first-order valence-corrected chi connectivity index (χ1v) is 5.42. The van der Waals surface area contributed by atoms with Crippen molar-refractivity contribution in [3.63, 3.8) is 0 Å². The first-order valence-electron chi connectivity index (χ1n) is 5.42. The number of nitrogens with zero attached hydrogens (tertiary/aromatic N) is 1. The minimum Gasteiger partial charge on any atom is -0.507 e. The second kappa shape index (κ2) is 4.49. The Balaban J connectivity index is 2.37. The number of fused-ring (bicyclic) bond motifs is 1. The highest BCUT2D eigenvalue weighted by Gasteiger charge is 2.07. The molecule has 0 amide bonds. The zero-order valence-corrected chi connectivity index (χ0v) is 9.22. The molecule has 0 bridgehead atoms. The fourth-order valence-corrected chi connectivity index (χ4v) is 1.75. The fraction of sp³-hybridized carbons (Fsp3) is 0.308. The van der Waals surface area contributed by atoms with Crippen LogP contribution in [0, 0.1) is 0 Å². The van der Waals surface area contributed by atoms with E-state index in [2.05, 4.69) is 4.98 Å². The van der Waals surface area contributed by atoms with Gasteiger partial charge in [0, 0.05) is 11.6 Å². The topological polar surface area (TPSA) is 53.4 Å². The van der Waals surface area contributed by atoms with Crippen LogP contribution in [0.3, 0.4) is 0 Å². The number of hydrogen-bond acceptors (Lipinski definition) is 3. The molecule has 0 aliphatic rings. The van der Waals surface area contributed by atoms with Gasteiger partial charge in [-0.3, -0.25) is 4.98 Å². The third-order valence-corrected chi connectivity index (χ3v) is 2.67. The molecule has 0 aliphatic carbocycles. The van der Waals surface area contributed by atoms with Crippen LogP contribution in [0.5, 0.6) is 5.75 Å². The summed E-state index contributed by atoms with van der Waals surface area (Å²) in [6.07, 6.45) is 2.69. The molecule has 0 saturated carbocycles. The number of rotatable bonds is 3. The van der Waals surface area contributed by atoms with E-state index in [0.717, 1.165) is 16.5 Å². The molecule has 0 fully saturated rings. The molecular weight excluding hydrogens is 202 g/mol. The van der Waals surface area contributed by atoms with Crippen molar-refractivity contribution in [1.29, 1.82) is 0 Å². The summed E-state index contributed by atoms with van der Waals surface area (Å²) < 4.78 is 0. The molecule has 3 nitrogen and oxygen atoms in total. The number of phenolic OH excluding ortho intramolecular Hbond substituents is 1. The maximum atomic E-state index is 10.0. The molecule has 0 aliphatic heterocycles. The molecule has 0 unspecified atom stereocenters. The lowest BCUT2D eigenvalue weighted by molar-refractivity contribution is 0.184. The Bertz CT molecular complexity index is 494. The summed E-state index contributed by atoms with van der Waals surface area (Å²) in [5.41, 5.74) is 1.65. The standard InChI is InChI=1S/C13H15NO2/c1-9(15)4-5-10-6-7-12-11(13(10)16)3-2-8-14-12/h2-3,6-9,15-16H,4-5H2,1H3/t9-/m0/s1. The van der Waals surface area contributed by atoms with E-state index >= 15 is 0 Å². The predicted octanol–water partition coefficient (Wildman–Crippen LogP) is 2.25. The number of pyridine rings is 1. The lowest BCUT2D eigenvalue weighted by Crippen LogP contribution is -2.01. The van der Waals surface area contributed by atoms with E-state index in [1.807, 2.05) is 18.2 Å². The van der Waals surface area contributed by atoms with Gasteiger partial charge in [0.15, 0.2) is 0 Å². The Hall–Kier alpha value is -1.61. The lowest BCUT2D eigenvalue weighted by atomic mass is 10.0. The van der Waals surface area contributed by atoms with Gasteiger partial charge in [-0.15, -0.1) is 0 Å². The van der Waals surface area contributed by atoms with Crippen molar-refractivity contribution in [3.8, 4) is 5.75 Å². The average molecular weight is 217 g/mol. The van der Waals surface area contributed by atoms with Crippen LogP contribution >= 0.6 is 0 Å². The molecule has 0 radical (unpaired) electrons. The van der Waals surface area contributed by atoms with Crippen molar-refractivity contribution in [2.75, 3.05) is 0 Å². The summed E-state index contributed by atoms with van der Waals surface area (Å²) >= 11 is 0. The van der Waals surface area contributed by atoms with Crippen molar-refractivity contribution >= 4 is 10.9 Å². The summed E-state index contributed by atoms with van der Waals surface area (Å²) in [4.78, 5) is 4.17. The molecule has 2 aromatic rings. The monoisotopic (exact) mass is 217 g/mol. The molecule has 2 N–H and O–H groups in total. The summed E-state index contributed by atoms with van der Waals surface area (Å²) in [6, 6.07) is 7.42. The number of benzene rings is 1. The molecule has 0 spiro atoms. The number of aryl methyl sites for hydroxylation is 1. The van der Waals surface area contributed by atoms with Gasteiger partial charge >= 0.3 is 0 Å². The molecule has 1 heterocycles. The van der Waals surface area contributed by atoms with E-state index in [4.69, 9.17) is 0 Å². The maximum Gasteiger partial charge on any atom is 0.128 e. The van der Waals surface area contributed by atoms with E-state index in [1.165, 1.54) is 0 Å². The fourth-order valence-electron chi connectivity index (χ4n) is 1.75. The van der Waals surface area contributed by atoms with Crippen molar-refractivity contribution in [3.05, 3.63) is 36.0 Å². The Morgan fingerprint density at radius 2 is 2.12 bits per heavy atom. The zero-order valence-electron chi connectivity index (χ0n) is 9.22. The van der Waals surface area contributed by atoms with Crippen molar-refractivity contribution < 1.29 is 10.2 Å². The Kier molecular flexibility index (Phi) is 3.06. The second-order valence-electron chi connectivity index (χ2n) is 4.03. The van der Waals surface area contributed by atoms with Crippen LogP contribution in [-0.4, -0.2) is 21.3 Å². The van der Waals surface area contributed by atoms with Crippen LogP contribution in [-0.2, 0) is 6.42 Å². The van der Waals surface area contributed by atoms with Gasteiger partial charge in [0.2, 0.25) is 0 Å². The normalized spacial score (nSPS) is 12.9. The largest absolute Gasteiger partial charge is 0.507 e. The quantitative estimate of drug-likeness (QED) is 0.829. The molecule has 1 atom stereocenters. The molecule has 3 heteroatoms. The van der Waals surface area contributed by atoms with E-state index in [0.29, 0.717) is 12.8 Å². The van der Waals surface area contributed by atoms with E-state index in [-0.39, 0.29) is 11.9 Å². The Morgan fingerprint density at radius 1 is 1.31 bits per heavy atom. The first kappa shape index (κ1) is 10.9. The average Bonchev–Trinajstić information content (AvgIpc) is 2.28. The molecule has 1 aromatic carbocycles. The minimum atomic E-state index is -0.344. The van der Waals surface area contributed by atoms with Gasteiger partial charge in [-0.1, -0.05) is 6.07 Å². The molecule has 16 heavy (non-hydrogen) atoms. The van der Waals surface area contributed by atoms with E-state index in [1.54, 1.807) is 19.2 Å². The van der Waals surface area contributed by atoms with Crippen molar-refractivity contribution in [2.45, 2.75) is 25.9 Å². The van der Waals surface area contributed by atoms with Crippen LogP contribution in [0.2, 0.25) is 0 Å². The van der Waals surface area contributed by atoms with Crippen LogP contribution in [0.1, 0.15) is 18.9 Å². The van der Waals surface area contributed by atoms with Crippen LogP contribution in [0.4, 0.5) is 0 Å². The lowest BCUT2D eigenvalue weighted by Gasteiger charge is -2.08. The van der Waals surface area contributed by atoms with Gasteiger partial charge in [0.1, 0.15) is 5.75 Å². The van der Waals surface area contributed by atoms with Crippen LogP contribution in [0.25, 0.3) is 10.9 Å². The summed E-state index contributed by atoms with van der Waals surface area (Å²) in [6.45, 7) is 1.75. The van der Waals surface area contributed by atoms with Crippen LogP contribution in [0.15, 0.2) is 30.5 Å². The maximum absolute atomic E-state index is 10.0. The summed E-state index contributed by atoms with van der Waals surface area (Å²) in [5, 5.41) is 20.0. The highest BCUT2D eigenvalue weighted by molar-refractivity contribution is 5.85. The highest BCUT2D eigenvalue weighted by atomic mass is 16.3. The van der Waals surface area contributed by atoms with Crippen molar-refractivity contribution in [1.82, 2.24) is 4.98 Å². The van der Waals surface area contributed by atoms with Gasteiger partial charge in [-0.2, -0.15) is 0 Å². The number of aliphatic hydroxyl groups excluding tert-OH is 1. The SMILES string of the molecule is C[C@H](O)CCc1ccc2ncccc2c1O. The minimum absolute atomic E-state index is 0.284. The molecule has 1 aromatic heterocycles. The van der Waals surface area contributed by atoms with Gasteiger partial charge in [-0.05, 0) is 43.5 Å². The number of aromatic nitrogens is 1. The third-order valence-electron chi connectivity index (χ3n) is 2.67. The van der Waals surface area contributed by atoms with Crippen molar-refractivity contribution in [2.24, 2.45) is 0 Å². The number of aliphatic hydroxyl groups is 1. The highest BCUT2D eigenvalue weighted by Crippen LogP contribution is 2.28. The predicted molar refractivity (Wildman–Crippen MR) is 63.4 cm³/mol. The Morgan fingerprint density at radius 3 is 2.88 bits per heavy atom. The number of hydrogen-bond donors (Lipinski definition) is 2. The van der Waals surface area contributed by atoms with Gasteiger partial charge < -0.3 is 10.2 Å². The smallest absolute Gasteiger partial charge is 0.128 e. The molecule has 2 rings (SSSR count). The number of phenols is 1. The second-order valence-corrected chi connectivity index (χ2v) is 4.03. The molecular formula is C13H15NO2. The third kappa shape index (κ3) is 2.14.